The van der Waals surface area contributed by atoms with Crippen molar-refractivity contribution in [2.75, 3.05) is 24.7 Å². The predicted octanol–water partition coefficient (Wildman–Crippen LogP) is 8.74. The molecular weight excluding hydrogens is 689 g/mol. The first-order valence-electron chi connectivity index (χ1n) is 15.7. The van der Waals surface area contributed by atoms with E-state index in [0.717, 1.165) is 39.7 Å². The van der Waals surface area contributed by atoms with Crippen molar-refractivity contribution in [3.63, 3.8) is 0 Å². The smallest absolute Gasteiger partial charge is 0.266 e. The van der Waals surface area contributed by atoms with Gasteiger partial charge < -0.3 is 10.6 Å². The molecule has 50 heavy (non-hydrogen) atoms. The van der Waals surface area contributed by atoms with Gasteiger partial charge in [-0.2, -0.15) is 8.42 Å². The van der Waals surface area contributed by atoms with E-state index in [0.29, 0.717) is 23.6 Å². The number of carbonyl (C=O) groups is 2. The van der Waals surface area contributed by atoms with Crippen molar-refractivity contribution in [3.8, 4) is 11.1 Å². The molecule has 0 radical (unpaired) electrons. The maximum Gasteiger partial charge on any atom is 0.266 e. The van der Waals surface area contributed by atoms with Gasteiger partial charge in [-0.3, -0.25) is 14.1 Å². The number of anilines is 1. The van der Waals surface area contributed by atoms with E-state index in [9.17, 15) is 31.2 Å². The van der Waals surface area contributed by atoms with Crippen molar-refractivity contribution in [1.82, 2.24) is 5.32 Å². The largest absolute Gasteiger partial charge is 0.323 e. The topological polar surface area (TPSA) is 113 Å². The standard InChI is InChI=1S/C27H23ClF3NO.C8H8O.C3H9NO3S/c1-17-14-22(28)7-8-23(17)21-6-9-25(24(29)16-21)32-26(33)15-18-2-4-19(5-3-18)20-10-12-27(30,31)13-11-20;1-7-2-4-8(6-9)5-3-7;1-4-2-3-8(5,6)7/h2-10,14,16H,11-13,15H2,1H3,(H,32,33);2-6H,1H3;4H,2-3H2,1H3,(H,5,6,7). The van der Waals surface area contributed by atoms with Crippen LogP contribution in [0, 0.1) is 19.7 Å². The van der Waals surface area contributed by atoms with Crippen LogP contribution in [0.25, 0.3) is 16.7 Å². The fourth-order valence-corrected chi connectivity index (χ4v) is 5.57. The number of rotatable bonds is 9. The number of nitrogens with one attached hydrogen (secondary N) is 2. The molecule has 0 aliphatic heterocycles. The van der Waals surface area contributed by atoms with Crippen LogP contribution in [0.3, 0.4) is 0 Å². The Hall–Kier alpha value is -4.29. The van der Waals surface area contributed by atoms with Crippen LogP contribution < -0.4 is 10.6 Å². The number of aryl methyl sites for hydroxylation is 2. The number of carbonyl (C=O) groups excluding carboxylic acids is 2. The predicted molar refractivity (Wildman–Crippen MR) is 194 cm³/mol. The maximum atomic E-state index is 14.7. The van der Waals surface area contributed by atoms with Gasteiger partial charge in [-0.25, -0.2) is 13.2 Å². The molecule has 4 aromatic rings. The first-order chi connectivity index (χ1) is 23.6. The monoisotopic (exact) mass is 728 g/mol. The van der Waals surface area contributed by atoms with Crippen LogP contribution in [0.5, 0.6) is 0 Å². The summed E-state index contributed by atoms with van der Waals surface area (Å²) >= 11 is 5.99. The molecule has 12 heteroatoms. The molecule has 1 aliphatic carbocycles. The van der Waals surface area contributed by atoms with Crippen molar-refractivity contribution in [2.45, 2.75) is 45.5 Å². The van der Waals surface area contributed by atoms with Crippen LogP contribution in [-0.2, 0) is 21.3 Å². The molecule has 4 aromatic carbocycles. The highest BCUT2D eigenvalue weighted by Gasteiger charge is 2.31. The van der Waals surface area contributed by atoms with E-state index >= 15 is 0 Å². The maximum absolute atomic E-state index is 14.7. The van der Waals surface area contributed by atoms with Crippen LogP contribution in [0.15, 0.2) is 91.0 Å². The number of halogens is 4. The van der Waals surface area contributed by atoms with E-state index in [1.807, 2.05) is 62.4 Å². The highest BCUT2D eigenvalue weighted by atomic mass is 35.5. The molecule has 3 N–H and O–H groups in total. The third-order valence-corrected chi connectivity index (χ3v) is 8.62. The summed E-state index contributed by atoms with van der Waals surface area (Å²) in [5.41, 5.74) is 7.06. The highest BCUT2D eigenvalue weighted by molar-refractivity contribution is 7.85. The van der Waals surface area contributed by atoms with Gasteiger partial charge in [0.05, 0.1) is 17.9 Å². The number of benzene rings is 4. The van der Waals surface area contributed by atoms with Crippen molar-refractivity contribution in [1.29, 1.82) is 0 Å². The number of allylic oxidation sites excluding steroid dienone is 2. The lowest BCUT2D eigenvalue weighted by Gasteiger charge is -2.21. The van der Waals surface area contributed by atoms with Crippen molar-refractivity contribution in [2.24, 2.45) is 0 Å². The van der Waals surface area contributed by atoms with Crippen LogP contribution in [0.4, 0.5) is 18.9 Å². The fraction of sp³-hybridized carbons (Fsp3) is 0.263. The number of hydrogen-bond donors (Lipinski definition) is 3. The third-order valence-electron chi connectivity index (χ3n) is 7.66. The van der Waals surface area contributed by atoms with E-state index in [4.69, 9.17) is 16.2 Å². The van der Waals surface area contributed by atoms with Gasteiger partial charge in [0.2, 0.25) is 5.91 Å². The first-order valence-corrected chi connectivity index (χ1v) is 17.7. The molecule has 7 nitrogen and oxygen atoms in total. The third kappa shape index (κ3) is 13.5. The minimum absolute atomic E-state index is 0.0783. The Morgan fingerprint density at radius 3 is 2.14 bits per heavy atom. The normalized spacial score (nSPS) is 13.5. The van der Waals surface area contributed by atoms with Crippen molar-refractivity contribution < 1.29 is 35.7 Å². The Kier molecular flexibility index (Phi) is 15.0. The fourth-order valence-electron chi connectivity index (χ4n) is 4.88. The van der Waals surface area contributed by atoms with Gasteiger partial charge in [-0.1, -0.05) is 83.9 Å². The van der Waals surface area contributed by atoms with Crippen LogP contribution in [0.1, 0.15) is 51.9 Å². The summed E-state index contributed by atoms with van der Waals surface area (Å²) in [6.07, 6.45) is 2.45. The van der Waals surface area contributed by atoms with Crippen molar-refractivity contribution >= 4 is 45.2 Å². The van der Waals surface area contributed by atoms with Gasteiger partial charge in [0, 0.05) is 30.0 Å². The van der Waals surface area contributed by atoms with Crippen LogP contribution >= 0.6 is 11.6 Å². The lowest BCUT2D eigenvalue weighted by atomic mass is 9.91. The Morgan fingerprint density at radius 1 is 0.960 bits per heavy atom. The van der Waals surface area contributed by atoms with Gasteiger partial charge in [0.1, 0.15) is 12.1 Å². The minimum Gasteiger partial charge on any atom is -0.323 e. The minimum atomic E-state index is -3.75. The zero-order valence-electron chi connectivity index (χ0n) is 28.0. The summed E-state index contributed by atoms with van der Waals surface area (Å²) in [7, 11) is -2.13. The molecular formula is C38H40ClF3N2O5S. The first kappa shape index (κ1) is 40.1. The number of hydrogen-bond acceptors (Lipinski definition) is 5. The Bertz CT molecular complexity index is 1900. The lowest BCUT2D eigenvalue weighted by Crippen LogP contribution is -2.18. The molecule has 1 amide bonds. The van der Waals surface area contributed by atoms with Gasteiger partial charge in [-0.05, 0) is 85.0 Å². The molecule has 0 atom stereocenters. The number of alkyl halides is 2. The molecule has 0 bridgehead atoms. The Morgan fingerprint density at radius 2 is 1.62 bits per heavy atom. The van der Waals surface area contributed by atoms with E-state index in [1.165, 1.54) is 11.6 Å². The molecule has 0 heterocycles. The summed E-state index contributed by atoms with van der Waals surface area (Å²) in [6.45, 7) is 4.19. The van der Waals surface area contributed by atoms with E-state index in [1.54, 1.807) is 43.5 Å². The molecule has 0 saturated heterocycles. The van der Waals surface area contributed by atoms with Crippen LogP contribution in [-0.4, -0.2) is 50.4 Å². The summed E-state index contributed by atoms with van der Waals surface area (Å²) in [4.78, 5) is 22.6. The summed E-state index contributed by atoms with van der Waals surface area (Å²) in [5, 5.41) is 5.82. The lowest BCUT2D eigenvalue weighted by molar-refractivity contribution is -0.115. The summed E-state index contributed by atoms with van der Waals surface area (Å²) in [5.74, 6) is -3.70. The second-order valence-corrected chi connectivity index (χ2v) is 13.8. The molecule has 0 saturated carbocycles. The average Bonchev–Trinajstić information content (AvgIpc) is 3.06. The average molecular weight is 729 g/mol. The molecule has 5 rings (SSSR count). The SMILES string of the molecule is CNCCS(=O)(=O)O.Cc1cc(Cl)ccc1-c1ccc(NC(=O)Cc2ccc(C3=CCC(F)(F)CC3)cc2)c(F)c1.Cc1ccc(C=O)cc1. The van der Waals surface area contributed by atoms with E-state index in [2.05, 4.69) is 10.6 Å². The Labute approximate surface area is 296 Å². The van der Waals surface area contributed by atoms with Gasteiger partial charge >= 0.3 is 0 Å². The van der Waals surface area contributed by atoms with E-state index in [-0.39, 0.29) is 36.6 Å². The molecule has 0 spiro atoms. The zero-order valence-corrected chi connectivity index (χ0v) is 29.6. The number of amides is 1. The quantitative estimate of drug-likeness (QED) is 0.117. The highest BCUT2D eigenvalue weighted by Crippen LogP contribution is 2.36. The molecule has 0 unspecified atom stereocenters. The molecule has 266 valence electrons. The molecule has 0 fully saturated rings. The molecule has 0 aromatic heterocycles. The van der Waals surface area contributed by atoms with Gasteiger partial charge in [-0.15, -0.1) is 0 Å². The molecule has 1 aliphatic rings. The summed E-state index contributed by atoms with van der Waals surface area (Å²) in [6, 6.07) is 24.8. The van der Waals surface area contributed by atoms with Crippen molar-refractivity contribution in [3.05, 3.63) is 130 Å². The Balaban J connectivity index is 0.000000325. The van der Waals surface area contributed by atoms with Gasteiger partial charge in [0.15, 0.2) is 0 Å². The van der Waals surface area contributed by atoms with Gasteiger partial charge in [0.25, 0.3) is 16.0 Å². The number of aldehydes is 1. The zero-order chi connectivity index (χ0) is 36.9. The van der Waals surface area contributed by atoms with E-state index < -0.39 is 21.9 Å². The second-order valence-electron chi connectivity index (χ2n) is 11.8. The second kappa shape index (κ2) is 18.6. The van der Waals surface area contributed by atoms with Crippen LogP contribution in [0.2, 0.25) is 5.02 Å². The summed E-state index contributed by atoms with van der Waals surface area (Å²) < 4.78 is 69.2.